The zero-order chi connectivity index (χ0) is 22.7. The quantitative estimate of drug-likeness (QED) is 0.316. The van der Waals surface area contributed by atoms with E-state index in [1.165, 1.54) is 0 Å². The minimum absolute atomic E-state index is 0.162. The van der Waals surface area contributed by atoms with Crippen molar-refractivity contribution in [3.05, 3.63) is 88.3 Å². The van der Waals surface area contributed by atoms with Crippen molar-refractivity contribution in [3.8, 4) is 22.6 Å². The van der Waals surface area contributed by atoms with Gasteiger partial charge in [0.05, 0.1) is 33.2 Å². The fourth-order valence-corrected chi connectivity index (χ4v) is 3.97. The molecule has 0 radical (unpaired) electrons. The summed E-state index contributed by atoms with van der Waals surface area (Å²) in [7, 11) is 0. The molecule has 1 atom stereocenters. The molecule has 2 aromatic carbocycles. The summed E-state index contributed by atoms with van der Waals surface area (Å²) in [5.41, 5.74) is 4.29. The van der Waals surface area contributed by atoms with Crippen molar-refractivity contribution in [2.45, 2.75) is 26.2 Å². The lowest BCUT2D eigenvalue weighted by atomic mass is 10.0. The molecule has 0 aliphatic rings. The van der Waals surface area contributed by atoms with E-state index < -0.39 is 0 Å². The molecule has 32 heavy (non-hydrogen) atoms. The largest absolute Gasteiger partial charge is 0.338 e. The number of aromatic nitrogens is 3. The van der Waals surface area contributed by atoms with Crippen LogP contribution in [0.4, 0.5) is 5.69 Å². The molecular formula is C25H22Cl2N4O. The maximum atomic E-state index is 12.9. The molecule has 4 aromatic rings. The molecule has 0 saturated heterocycles. The SMILES string of the molecule is CCC(C)c1nccc(C(=O)Nc2ccc(Cl)c(-c3ncc(-c4ccccc4)[nH]3)c2)c1Cl. The van der Waals surface area contributed by atoms with Crippen LogP contribution in [0.1, 0.15) is 42.2 Å². The van der Waals surface area contributed by atoms with Gasteiger partial charge >= 0.3 is 0 Å². The van der Waals surface area contributed by atoms with Crippen molar-refractivity contribution in [3.63, 3.8) is 0 Å². The van der Waals surface area contributed by atoms with Crippen LogP contribution in [-0.4, -0.2) is 20.9 Å². The molecule has 2 N–H and O–H groups in total. The fourth-order valence-electron chi connectivity index (χ4n) is 3.38. The van der Waals surface area contributed by atoms with Gasteiger partial charge in [0.25, 0.3) is 5.91 Å². The van der Waals surface area contributed by atoms with Gasteiger partial charge in [0.2, 0.25) is 0 Å². The van der Waals surface area contributed by atoms with Crippen LogP contribution in [0.2, 0.25) is 10.0 Å². The highest BCUT2D eigenvalue weighted by molar-refractivity contribution is 6.35. The normalized spacial score (nSPS) is 11.9. The summed E-state index contributed by atoms with van der Waals surface area (Å²) in [4.78, 5) is 25.1. The molecule has 2 aromatic heterocycles. The van der Waals surface area contributed by atoms with Crippen molar-refractivity contribution >= 4 is 34.8 Å². The van der Waals surface area contributed by atoms with Crippen LogP contribution >= 0.6 is 23.2 Å². The number of imidazole rings is 1. The van der Waals surface area contributed by atoms with E-state index >= 15 is 0 Å². The van der Waals surface area contributed by atoms with Crippen LogP contribution in [0, 0.1) is 0 Å². The number of hydrogen-bond donors (Lipinski definition) is 2. The lowest BCUT2D eigenvalue weighted by Crippen LogP contribution is -2.14. The van der Waals surface area contributed by atoms with Crippen LogP contribution in [0.15, 0.2) is 67.0 Å². The number of hydrogen-bond acceptors (Lipinski definition) is 3. The van der Waals surface area contributed by atoms with Gasteiger partial charge in [0.1, 0.15) is 5.82 Å². The number of nitrogens with zero attached hydrogens (tertiary/aromatic N) is 2. The Morgan fingerprint density at radius 3 is 2.62 bits per heavy atom. The third-order valence-corrected chi connectivity index (χ3v) is 6.11. The Morgan fingerprint density at radius 1 is 1.09 bits per heavy atom. The molecule has 0 bridgehead atoms. The highest BCUT2D eigenvalue weighted by Gasteiger charge is 2.18. The average molecular weight is 465 g/mol. The lowest BCUT2D eigenvalue weighted by molar-refractivity contribution is 0.102. The second-order valence-corrected chi connectivity index (χ2v) is 8.31. The number of rotatable bonds is 6. The summed E-state index contributed by atoms with van der Waals surface area (Å²) in [5, 5.41) is 3.82. The molecule has 1 amide bonds. The summed E-state index contributed by atoms with van der Waals surface area (Å²) >= 11 is 12.9. The van der Waals surface area contributed by atoms with Crippen LogP contribution in [-0.2, 0) is 0 Å². The number of halogens is 2. The van der Waals surface area contributed by atoms with E-state index in [-0.39, 0.29) is 11.8 Å². The van der Waals surface area contributed by atoms with Gasteiger partial charge in [0, 0.05) is 17.4 Å². The Bertz CT molecular complexity index is 1250. The van der Waals surface area contributed by atoms with Crippen molar-refractivity contribution in [2.24, 2.45) is 0 Å². The maximum absolute atomic E-state index is 12.9. The van der Waals surface area contributed by atoms with Gasteiger partial charge in [-0.3, -0.25) is 9.78 Å². The summed E-state index contributed by atoms with van der Waals surface area (Å²) in [6.45, 7) is 4.09. The molecule has 0 saturated carbocycles. The van der Waals surface area contributed by atoms with Gasteiger partial charge in [-0.1, -0.05) is 67.4 Å². The van der Waals surface area contributed by atoms with Crippen LogP contribution in [0.25, 0.3) is 22.6 Å². The molecule has 0 fully saturated rings. The van der Waals surface area contributed by atoms with Gasteiger partial charge in [-0.15, -0.1) is 0 Å². The second kappa shape index (κ2) is 9.55. The van der Waals surface area contributed by atoms with Crippen LogP contribution in [0.3, 0.4) is 0 Å². The first-order valence-electron chi connectivity index (χ1n) is 10.3. The molecule has 7 heteroatoms. The minimum Gasteiger partial charge on any atom is -0.338 e. The van der Waals surface area contributed by atoms with Crippen LogP contribution in [0.5, 0.6) is 0 Å². The average Bonchev–Trinajstić information content (AvgIpc) is 3.30. The number of carbonyl (C=O) groups excluding carboxylic acids is 1. The van der Waals surface area contributed by atoms with Gasteiger partial charge in [0.15, 0.2) is 0 Å². The number of anilines is 1. The Morgan fingerprint density at radius 2 is 1.88 bits per heavy atom. The Labute approximate surface area is 196 Å². The zero-order valence-electron chi connectivity index (χ0n) is 17.7. The molecule has 5 nitrogen and oxygen atoms in total. The predicted octanol–water partition coefficient (Wildman–Crippen LogP) is 7.21. The van der Waals surface area contributed by atoms with Gasteiger partial charge < -0.3 is 10.3 Å². The van der Waals surface area contributed by atoms with E-state index in [9.17, 15) is 4.79 Å². The maximum Gasteiger partial charge on any atom is 0.257 e. The first-order chi connectivity index (χ1) is 15.5. The fraction of sp³-hybridized carbons (Fsp3) is 0.160. The van der Waals surface area contributed by atoms with E-state index in [1.54, 1.807) is 36.7 Å². The van der Waals surface area contributed by atoms with Gasteiger partial charge in [-0.05, 0) is 42.2 Å². The van der Waals surface area contributed by atoms with E-state index in [2.05, 4.69) is 27.2 Å². The molecular weight excluding hydrogens is 443 g/mol. The van der Waals surface area contributed by atoms with E-state index in [1.807, 2.05) is 37.3 Å². The van der Waals surface area contributed by atoms with E-state index in [0.29, 0.717) is 32.7 Å². The smallest absolute Gasteiger partial charge is 0.257 e. The van der Waals surface area contributed by atoms with Crippen molar-refractivity contribution < 1.29 is 4.79 Å². The number of pyridine rings is 1. The lowest BCUT2D eigenvalue weighted by Gasteiger charge is -2.13. The van der Waals surface area contributed by atoms with E-state index in [4.69, 9.17) is 23.2 Å². The van der Waals surface area contributed by atoms with E-state index in [0.717, 1.165) is 23.4 Å². The molecule has 0 spiro atoms. The molecule has 2 heterocycles. The second-order valence-electron chi connectivity index (χ2n) is 7.53. The number of benzene rings is 2. The Balaban J connectivity index is 1.60. The number of amides is 1. The highest BCUT2D eigenvalue weighted by Crippen LogP contribution is 2.32. The third kappa shape index (κ3) is 4.54. The predicted molar refractivity (Wildman–Crippen MR) is 130 cm³/mol. The molecule has 1 unspecified atom stereocenters. The molecule has 0 aliphatic carbocycles. The topological polar surface area (TPSA) is 70.7 Å². The monoisotopic (exact) mass is 464 g/mol. The summed E-state index contributed by atoms with van der Waals surface area (Å²) < 4.78 is 0. The highest BCUT2D eigenvalue weighted by atomic mass is 35.5. The molecule has 162 valence electrons. The number of carbonyl (C=O) groups is 1. The van der Waals surface area contributed by atoms with Gasteiger partial charge in [-0.25, -0.2) is 4.98 Å². The number of nitrogens with one attached hydrogen (secondary N) is 2. The van der Waals surface area contributed by atoms with Crippen molar-refractivity contribution in [2.75, 3.05) is 5.32 Å². The number of aromatic amines is 1. The first kappa shape index (κ1) is 22.1. The molecule has 0 aliphatic heterocycles. The Kier molecular flexibility index (Phi) is 6.58. The van der Waals surface area contributed by atoms with Crippen molar-refractivity contribution in [1.82, 2.24) is 15.0 Å². The number of H-pyrrole nitrogens is 1. The first-order valence-corrected chi connectivity index (χ1v) is 11.1. The zero-order valence-corrected chi connectivity index (χ0v) is 19.2. The van der Waals surface area contributed by atoms with Gasteiger partial charge in [-0.2, -0.15) is 0 Å². The van der Waals surface area contributed by atoms with Crippen molar-refractivity contribution in [1.29, 1.82) is 0 Å². The summed E-state index contributed by atoms with van der Waals surface area (Å²) in [6.07, 6.45) is 4.26. The third-order valence-electron chi connectivity index (χ3n) is 5.38. The standard InChI is InChI=1S/C25H22Cl2N4O/c1-3-15(2)23-22(27)18(11-12-28-23)25(32)30-17-9-10-20(26)19(13-17)24-29-14-21(31-24)16-7-5-4-6-8-16/h4-15H,3H2,1-2H3,(H,29,31)(H,30,32). The summed E-state index contributed by atoms with van der Waals surface area (Å²) in [5.74, 6) is 0.473. The minimum atomic E-state index is -0.306. The summed E-state index contributed by atoms with van der Waals surface area (Å²) in [6, 6.07) is 16.8. The van der Waals surface area contributed by atoms with Crippen LogP contribution < -0.4 is 5.32 Å². The Hall–Kier alpha value is -3.15. The molecule has 4 rings (SSSR count).